The molecule has 0 saturated heterocycles. The van der Waals surface area contributed by atoms with Crippen molar-refractivity contribution in [2.24, 2.45) is 0 Å². The SMILES string of the molecule is O=C(Cn1cc(CCO)nn1)Nc1ccc(Cl)cc1. The van der Waals surface area contributed by atoms with Crippen LogP contribution < -0.4 is 5.32 Å². The molecule has 1 amide bonds. The molecule has 0 aliphatic rings. The van der Waals surface area contributed by atoms with E-state index in [0.717, 1.165) is 0 Å². The van der Waals surface area contributed by atoms with Gasteiger partial charge in [0.2, 0.25) is 5.91 Å². The number of hydrogen-bond acceptors (Lipinski definition) is 4. The minimum absolute atomic E-state index is 0.00959. The lowest BCUT2D eigenvalue weighted by Gasteiger charge is -2.04. The molecule has 100 valence electrons. The van der Waals surface area contributed by atoms with Gasteiger partial charge in [0.05, 0.1) is 5.69 Å². The minimum Gasteiger partial charge on any atom is -0.396 e. The molecule has 1 heterocycles. The highest BCUT2D eigenvalue weighted by atomic mass is 35.5. The molecule has 1 aromatic carbocycles. The molecular formula is C12H13ClN4O2. The van der Waals surface area contributed by atoms with Gasteiger partial charge < -0.3 is 10.4 Å². The van der Waals surface area contributed by atoms with Crippen LogP contribution >= 0.6 is 11.6 Å². The van der Waals surface area contributed by atoms with Crippen molar-refractivity contribution in [1.29, 1.82) is 0 Å². The molecule has 0 fully saturated rings. The predicted molar refractivity (Wildman–Crippen MR) is 70.9 cm³/mol. The Bertz CT molecular complexity index is 553. The number of halogens is 1. The molecule has 0 spiro atoms. The maximum atomic E-state index is 11.8. The van der Waals surface area contributed by atoms with Crippen molar-refractivity contribution in [2.45, 2.75) is 13.0 Å². The molecule has 0 aliphatic heterocycles. The Balaban J connectivity index is 1.91. The van der Waals surface area contributed by atoms with Crippen molar-refractivity contribution in [3.63, 3.8) is 0 Å². The first kappa shape index (κ1) is 13.5. The highest BCUT2D eigenvalue weighted by Gasteiger charge is 2.06. The van der Waals surface area contributed by atoms with Gasteiger partial charge >= 0.3 is 0 Å². The summed E-state index contributed by atoms with van der Waals surface area (Å²) in [6, 6.07) is 6.84. The van der Waals surface area contributed by atoms with Gasteiger partial charge in [-0.3, -0.25) is 4.79 Å². The summed E-state index contributed by atoms with van der Waals surface area (Å²) in [6.45, 7) is 0.0801. The second-order valence-corrected chi connectivity index (χ2v) is 4.37. The van der Waals surface area contributed by atoms with Crippen LogP contribution in [0.15, 0.2) is 30.5 Å². The van der Waals surface area contributed by atoms with E-state index in [1.54, 1.807) is 30.5 Å². The number of aromatic nitrogens is 3. The number of aliphatic hydroxyl groups excluding tert-OH is 1. The normalized spacial score (nSPS) is 10.4. The van der Waals surface area contributed by atoms with Crippen LogP contribution in [0.5, 0.6) is 0 Å². The first-order chi connectivity index (χ1) is 9.17. The zero-order valence-electron chi connectivity index (χ0n) is 10.1. The summed E-state index contributed by atoms with van der Waals surface area (Å²) in [7, 11) is 0. The van der Waals surface area contributed by atoms with E-state index >= 15 is 0 Å². The Hall–Kier alpha value is -1.92. The Morgan fingerprint density at radius 3 is 2.79 bits per heavy atom. The van der Waals surface area contributed by atoms with Crippen LogP contribution in [0.1, 0.15) is 5.69 Å². The molecule has 0 bridgehead atoms. The fraction of sp³-hybridized carbons (Fsp3) is 0.250. The summed E-state index contributed by atoms with van der Waals surface area (Å²) in [5, 5.41) is 19.7. The Labute approximate surface area is 115 Å². The van der Waals surface area contributed by atoms with Gasteiger partial charge in [-0.15, -0.1) is 5.10 Å². The monoisotopic (exact) mass is 280 g/mol. The number of benzene rings is 1. The molecule has 6 nitrogen and oxygen atoms in total. The summed E-state index contributed by atoms with van der Waals surface area (Å²) < 4.78 is 1.43. The van der Waals surface area contributed by atoms with Crippen LogP contribution in [0.2, 0.25) is 5.02 Å². The smallest absolute Gasteiger partial charge is 0.246 e. The van der Waals surface area contributed by atoms with Gasteiger partial charge in [0.25, 0.3) is 0 Å². The van der Waals surface area contributed by atoms with Crippen molar-refractivity contribution in [3.05, 3.63) is 41.2 Å². The van der Waals surface area contributed by atoms with Crippen LogP contribution in [-0.2, 0) is 17.8 Å². The van der Waals surface area contributed by atoms with Gasteiger partial charge in [0.15, 0.2) is 0 Å². The van der Waals surface area contributed by atoms with Crippen LogP contribution in [0, 0.1) is 0 Å². The Morgan fingerprint density at radius 1 is 1.37 bits per heavy atom. The second kappa shape index (κ2) is 6.31. The number of carbonyl (C=O) groups is 1. The number of carbonyl (C=O) groups excluding carboxylic acids is 1. The minimum atomic E-state index is -0.206. The van der Waals surface area contributed by atoms with E-state index in [0.29, 0.717) is 22.8 Å². The molecule has 2 rings (SSSR count). The van der Waals surface area contributed by atoms with E-state index in [9.17, 15) is 4.79 Å². The van der Waals surface area contributed by atoms with E-state index in [-0.39, 0.29) is 19.1 Å². The quantitative estimate of drug-likeness (QED) is 0.860. The zero-order valence-corrected chi connectivity index (χ0v) is 10.8. The van der Waals surface area contributed by atoms with Crippen molar-refractivity contribution in [2.75, 3.05) is 11.9 Å². The number of nitrogens with zero attached hydrogens (tertiary/aromatic N) is 3. The summed E-state index contributed by atoms with van der Waals surface area (Å²) in [6.07, 6.45) is 2.07. The molecule has 0 atom stereocenters. The standard InChI is InChI=1S/C12H13ClN4O2/c13-9-1-3-10(4-2-9)14-12(19)8-17-7-11(5-6-18)15-16-17/h1-4,7,18H,5-6,8H2,(H,14,19). The highest BCUT2D eigenvalue weighted by molar-refractivity contribution is 6.30. The third-order valence-corrected chi connectivity index (χ3v) is 2.64. The molecule has 1 aromatic heterocycles. The van der Waals surface area contributed by atoms with Crippen LogP contribution in [0.25, 0.3) is 0 Å². The lowest BCUT2D eigenvalue weighted by atomic mass is 10.3. The average Bonchev–Trinajstić information content (AvgIpc) is 2.80. The van der Waals surface area contributed by atoms with Crippen LogP contribution in [0.3, 0.4) is 0 Å². The molecule has 0 unspecified atom stereocenters. The second-order valence-electron chi connectivity index (χ2n) is 3.94. The lowest BCUT2D eigenvalue weighted by molar-refractivity contribution is -0.116. The summed E-state index contributed by atoms with van der Waals surface area (Å²) in [5.74, 6) is -0.206. The van der Waals surface area contributed by atoms with Gasteiger partial charge in [0.1, 0.15) is 6.54 Å². The molecular weight excluding hydrogens is 268 g/mol. The zero-order chi connectivity index (χ0) is 13.7. The van der Waals surface area contributed by atoms with Gasteiger partial charge in [-0.05, 0) is 24.3 Å². The molecule has 2 aromatic rings. The fourth-order valence-electron chi connectivity index (χ4n) is 1.53. The third kappa shape index (κ3) is 4.04. The summed E-state index contributed by atoms with van der Waals surface area (Å²) in [5.41, 5.74) is 1.33. The van der Waals surface area contributed by atoms with Crippen molar-refractivity contribution in [1.82, 2.24) is 15.0 Å². The van der Waals surface area contributed by atoms with E-state index in [2.05, 4.69) is 15.6 Å². The predicted octanol–water partition coefficient (Wildman–Crippen LogP) is 1.10. The molecule has 0 saturated carbocycles. The summed E-state index contributed by atoms with van der Waals surface area (Å²) >= 11 is 5.75. The van der Waals surface area contributed by atoms with Crippen molar-refractivity contribution in [3.8, 4) is 0 Å². The third-order valence-electron chi connectivity index (χ3n) is 2.39. The maximum absolute atomic E-state index is 11.8. The van der Waals surface area contributed by atoms with E-state index in [1.165, 1.54) is 4.68 Å². The number of aliphatic hydroxyl groups is 1. The Kier molecular flexibility index (Phi) is 4.48. The lowest BCUT2D eigenvalue weighted by Crippen LogP contribution is -2.19. The highest BCUT2D eigenvalue weighted by Crippen LogP contribution is 2.13. The van der Waals surface area contributed by atoms with E-state index in [4.69, 9.17) is 16.7 Å². The van der Waals surface area contributed by atoms with Crippen molar-refractivity contribution < 1.29 is 9.90 Å². The van der Waals surface area contributed by atoms with Gasteiger partial charge in [0, 0.05) is 29.9 Å². The number of hydrogen-bond donors (Lipinski definition) is 2. The average molecular weight is 281 g/mol. The van der Waals surface area contributed by atoms with Gasteiger partial charge in [-0.1, -0.05) is 16.8 Å². The van der Waals surface area contributed by atoms with E-state index in [1.807, 2.05) is 0 Å². The van der Waals surface area contributed by atoms with Crippen molar-refractivity contribution >= 4 is 23.2 Å². The first-order valence-electron chi connectivity index (χ1n) is 5.72. The molecule has 0 aliphatic carbocycles. The number of nitrogens with one attached hydrogen (secondary N) is 1. The molecule has 2 N–H and O–H groups in total. The summed E-state index contributed by atoms with van der Waals surface area (Å²) in [4.78, 5) is 11.8. The molecule has 0 radical (unpaired) electrons. The fourth-order valence-corrected chi connectivity index (χ4v) is 1.65. The maximum Gasteiger partial charge on any atom is 0.246 e. The largest absolute Gasteiger partial charge is 0.396 e. The van der Waals surface area contributed by atoms with Gasteiger partial charge in [-0.2, -0.15) is 0 Å². The van der Waals surface area contributed by atoms with Crippen LogP contribution in [-0.4, -0.2) is 32.6 Å². The number of rotatable bonds is 5. The number of anilines is 1. The van der Waals surface area contributed by atoms with E-state index < -0.39 is 0 Å². The topological polar surface area (TPSA) is 80.0 Å². The van der Waals surface area contributed by atoms with Gasteiger partial charge in [-0.25, -0.2) is 4.68 Å². The van der Waals surface area contributed by atoms with Crippen LogP contribution in [0.4, 0.5) is 5.69 Å². The first-order valence-corrected chi connectivity index (χ1v) is 6.10. The number of amides is 1. The Morgan fingerprint density at radius 2 is 2.11 bits per heavy atom. The molecule has 7 heteroatoms. The molecule has 19 heavy (non-hydrogen) atoms.